The number of nitrogens with one attached hydrogen (secondary N) is 1. The summed E-state index contributed by atoms with van der Waals surface area (Å²) in [5.74, 6) is 1.36. The molecule has 6 heteroatoms. The van der Waals surface area contributed by atoms with Crippen molar-refractivity contribution in [1.82, 2.24) is 29.9 Å². The monoisotopic (exact) mass is 252 g/mol. The van der Waals surface area contributed by atoms with Crippen molar-refractivity contribution in [3.63, 3.8) is 0 Å². The van der Waals surface area contributed by atoms with Gasteiger partial charge in [-0.25, -0.2) is 9.50 Å². The number of pyridine rings is 1. The Morgan fingerprint density at radius 3 is 3.00 bits per heavy atom. The summed E-state index contributed by atoms with van der Waals surface area (Å²) in [7, 11) is 0. The first-order chi connectivity index (χ1) is 9.42. The molecule has 0 unspecified atom stereocenters. The molecule has 0 bridgehead atoms. The Kier molecular flexibility index (Phi) is 2.28. The van der Waals surface area contributed by atoms with Crippen LogP contribution in [-0.2, 0) is 13.0 Å². The molecule has 3 aromatic heterocycles. The molecular formula is C13H12N6. The molecule has 0 aromatic carbocycles. The maximum atomic E-state index is 4.58. The van der Waals surface area contributed by atoms with Crippen molar-refractivity contribution >= 4 is 5.78 Å². The lowest BCUT2D eigenvalue weighted by atomic mass is 10.1. The Hall–Kier alpha value is -2.34. The van der Waals surface area contributed by atoms with E-state index >= 15 is 0 Å². The highest BCUT2D eigenvalue weighted by Gasteiger charge is 2.16. The first kappa shape index (κ1) is 10.6. The van der Waals surface area contributed by atoms with Gasteiger partial charge in [-0.15, -0.1) is 5.10 Å². The van der Waals surface area contributed by atoms with Gasteiger partial charge in [0, 0.05) is 49.2 Å². The van der Waals surface area contributed by atoms with Gasteiger partial charge in [-0.2, -0.15) is 4.98 Å². The predicted molar refractivity (Wildman–Crippen MR) is 69.4 cm³/mol. The number of hydrogen-bond donors (Lipinski definition) is 1. The second-order valence-corrected chi connectivity index (χ2v) is 4.54. The molecule has 4 heterocycles. The van der Waals surface area contributed by atoms with E-state index in [0.717, 1.165) is 25.1 Å². The molecule has 0 fully saturated rings. The first-order valence-corrected chi connectivity index (χ1v) is 6.26. The summed E-state index contributed by atoms with van der Waals surface area (Å²) in [4.78, 5) is 12.9. The van der Waals surface area contributed by atoms with Crippen LogP contribution in [0.15, 0.2) is 30.7 Å². The summed E-state index contributed by atoms with van der Waals surface area (Å²) in [6.07, 6.45) is 6.33. The molecule has 3 aromatic rings. The van der Waals surface area contributed by atoms with Gasteiger partial charge in [0.1, 0.15) is 0 Å². The summed E-state index contributed by atoms with van der Waals surface area (Å²) in [5, 5.41) is 7.92. The molecule has 0 saturated carbocycles. The zero-order valence-electron chi connectivity index (χ0n) is 10.2. The molecule has 19 heavy (non-hydrogen) atoms. The van der Waals surface area contributed by atoms with Gasteiger partial charge in [-0.1, -0.05) is 0 Å². The van der Waals surface area contributed by atoms with E-state index in [1.807, 2.05) is 22.8 Å². The highest BCUT2D eigenvalue weighted by Crippen LogP contribution is 2.18. The van der Waals surface area contributed by atoms with Crippen molar-refractivity contribution in [3.05, 3.63) is 42.0 Å². The van der Waals surface area contributed by atoms with E-state index in [9.17, 15) is 0 Å². The molecule has 0 aliphatic carbocycles. The van der Waals surface area contributed by atoms with Crippen molar-refractivity contribution in [2.45, 2.75) is 13.0 Å². The van der Waals surface area contributed by atoms with Crippen LogP contribution >= 0.6 is 0 Å². The fourth-order valence-electron chi connectivity index (χ4n) is 2.38. The van der Waals surface area contributed by atoms with E-state index in [1.54, 1.807) is 12.4 Å². The Bertz CT molecular complexity index is 733. The highest BCUT2D eigenvalue weighted by molar-refractivity contribution is 5.56. The second-order valence-electron chi connectivity index (χ2n) is 4.54. The average molecular weight is 252 g/mol. The zero-order chi connectivity index (χ0) is 12.7. The number of aromatic nitrogens is 5. The number of fused-ring (bicyclic) bond motifs is 3. The molecule has 1 N–H and O–H groups in total. The number of hydrogen-bond acceptors (Lipinski definition) is 5. The van der Waals surface area contributed by atoms with Crippen molar-refractivity contribution in [2.24, 2.45) is 0 Å². The number of nitrogens with zero attached hydrogens (tertiary/aromatic N) is 5. The maximum Gasteiger partial charge on any atom is 0.252 e. The fourth-order valence-corrected chi connectivity index (χ4v) is 2.38. The van der Waals surface area contributed by atoms with Gasteiger partial charge in [0.05, 0.1) is 5.69 Å². The summed E-state index contributed by atoms with van der Waals surface area (Å²) < 4.78 is 1.87. The van der Waals surface area contributed by atoms with Crippen LogP contribution in [0.1, 0.15) is 11.3 Å². The summed E-state index contributed by atoms with van der Waals surface area (Å²) in [6, 6.07) is 3.81. The van der Waals surface area contributed by atoms with Crippen LogP contribution in [0.3, 0.4) is 0 Å². The molecule has 6 nitrogen and oxygen atoms in total. The second kappa shape index (κ2) is 4.10. The van der Waals surface area contributed by atoms with Gasteiger partial charge in [0.15, 0.2) is 5.82 Å². The van der Waals surface area contributed by atoms with Gasteiger partial charge in [0.2, 0.25) is 0 Å². The third kappa shape index (κ3) is 1.68. The lowest BCUT2D eigenvalue weighted by Gasteiger charge is -2.16. The third-order valence-corrected chi connectivity index (χ3v) is 3.34. The van der Waals surface area contributed by atoms with Gasteiger partial charge >= 0.3 is 0 Å². The van der Waals surface area contributed by atoms with Crippen LogP contribution in [0.2, 0.25) is 0 Å². The average Bonchev–Trinajstić information content (AvgIpc) is 2.93. The first-order valence-electron chi connectivity index (χ1n) is 6.26. The van der Waals surface area contributed by atoms with E-state index in [-0.39, 0.29) is 0 Å². The number of rotatable bonds is 1. The smallest absolute Gasteiger partial charge is 0.252 e. The van der Waals surface area contributed by atoms with Crippen LogP contribution < -0.4 is 5.32 Å². The van der Waals surface area contributed by atoms with E-state index < -0.39 is 0 Å². The molecule has 94 valence electrons. The summed E-state index contributed by atoms with van der Waals surface area (Å²) >= 11 is 0. The lowest BCUT2D eigenvalue weighted by molar-refractivity contribution is 0.610. The third-order valence-electron chi connectivity index (χ3n) is 3.34. The molecule has 1 aliphatic heterocycles. The molecular weight excluding hydrogens is 240 g/mol. The van der Waals surface area contributed by atoms with Crippen molar-refractivity contribution < 1.29 is 0 Å². The van der Waals surface area contributed by atoms with Crippen molar-refractivity contribution in [3.8, 4) is 11.4 Å². The van der Waals surface area contributed by atoms with Crippen molar-refractivity contribution in [1.29, 1.82) is 0 Å². The van der Waals surface area contributed by atoms with Gasteiger partial charge in [0.25, 0.3) is 5.78 Å². The molecule has 0 spiro atoms. The molecule has 0 radical (unpaired) electrons. The van der Waals surface area contributed by atoms with Gasteiger partial charge in [-0.05, 0) is 12.1 Å². The SMILES string of the molecule is c1cc(-c2nc3ncc4c(n3n2)CCNC4)ccn1. The topological polar surface area (TPSA) is 68.0 Å². The Labute approximate surface area is 109 Å². The maximum absolute atomic E-state index is 4.58. The highest BCUT2D eigenvalue weighted by atomic mass is 15.3. The fraction of sp³-hybridized carbons (Fsp3) is 0.231. The summed E-state index contributed by atoms with van der Waals surface area (Å²) in [5.41, 5.74) is 3.37. The van der Waals surface area contributed by atoms with Crippen LogP contribution in [0.5, 0.6) is 0 Å². The Morgan fingerprint density at radius 2 is 2.11 bits per heavy atom. The Balaban J connectivity index is 1.92. The Morgan fingerprint density at radius 1 is 1.21 bits per heavy atom. The van der Waals surface area contributed by atoms with E-state index in [2.05, 4.69) is 25.4 Å². The predicted octanol–water partition coefficient (Wildman–Crippen LogP) is 0.832. The van der Waals surface area contributed by atoms with E-state index in [1.165, 1.54) is 11.3 Å². The molecule has 0 saturated heterocycles. The lowest BCUT2D eigenvalue weighted by Crippen LogP contribution is -2.26. The van der Waals surface area contributed by atoms with Crippen LogP contribution in [0, 0.1) is 0 Å². The normalized spacial score (nSPS) is 14.5. The molecule has 1 aliphatic rings. The molecule has 0 atom stereocenters. The van der Waals surface area contributed by atoms with Gasteiger partial charge < -0.3 is 5.32 Å². The zero-order valence-corrected chi connectivity index (χ0v) is 10.2. The molecule has 4 rings (SSSR count). The minimum absolute atomic E-state index is 0.660. The van der Waals surface area contributed by atoms with Crippen LogP contribution in [0.4, 0.5) is 0 Å². The molecule has 0 amide bonds. The van der Waals surface area contributed by atoms with Gasteiger partial charge in [-0.3, -0.25) is 4.98 Å². The van der Waals surface area contributed by atoms with E-state index in [4.69, 9.17) is 0 Å². The largest absolute Gasteiger partial charge is 0.312 e. The van der Waals surface area contributed by atoms with Crippen molar-refractivity contribution in [2.75, 3.05) is 6.54 Å². The minimum atomic E-state index is 0.660. The van der Waals surface area contributed by atoms with E-state index in [0.29, 0.717) is 11.6 Å². The van der Waals surface area contributed by atoms with Crippen LogP contribution in [-0.4, -0.2) is 31.1 Å². The summed E-state index contributed by atoms with van der Waals surface area (Å²) in [6.45, 7) is 1.82. The minimum Gasteiger partial charge on any atom is -0.312 e. The standard InChI is InChI=1S/C13H12N6/c1-4-14-5-2-9(1)12-17-13-16-8-10-7-15-6-3-11(10)19(13)18-12/h1-2,4-5,8,15H,3,6-7H2. The quantitative estimate of drug-likeness (QED) is 0.695. The van der Waals surface area contributed by atoms with Crippen LogP contribution in [0.25, 0.3) is 17.2 Å².